The van der Waals surface area contributed by atoms with Crippen LogP contribution in [0, 0.1) is 5.92 Å². The minimum atomic E-state index is -4.59. The van der Waals surface area contributed by atoms with E-state index in [1.165, 1.54) is 12.1 Å². The van der Waals surface area contributed by atoms with Crippen molar-refractivity contribution in [3.05, 3.63) is 23.8 Å². The average molecular weight is 369 g/mol. The Morgan fingerprint density at radius 3 is 2.27 bits per heavy atom. The molecule has 1 saturated carbocycles. The van der Waals surface area contributed by atoms with Crippen LogP contribution in [0.15, 0.2) is 18.2 Å². The molecular formula is C18H23BF3NO3. The van der Waals surface area contributed by atoms with Crippen LogP contribution in [0.4, 0.5) is 18.9 Å². The van der Waals surface area contributed by atoms with Crippen molar-refractivity contribution in [3.8, 4) is 0 Å². The van der Waals surface area contributed by atoms with Crippen LogP contribution >= 0.6 is 0 Å². The lowest BCUT2D eigenvalue weighted by atomic mass is 9.75. The molecule has 26 heavy (non-hydrogen) atoms. The lowest BCUT2D eigenvalue weighted by molar-refractivity contribution is -0.136. The molecule has 1 aromatic rings. The molecule has 0 spiro atoms. The van der Waals surface area contributed by atoms with Gasteiger partial charge < -0.3 is 14.6 Å². The van der Waals surface area contributed by atoms with Gasteiger partial charge in [-0.2, -0.15) is 13.2 Å². The Bertz CT molecular complexity index is 698. The first-order valence-electron chi connectivity index (χ1n) is 8.76. The van der Waals surface area contributed by atoms with Crippen molar-refractivity contribution < 1.29 is 27.3 Å². The molecule has 142 valence electrons. The molecule has 0 aromatic heterocycles. The van der Waals surface area contributed by atoms with Crippen molar-refractivity contribution in [2.45, 2.75) is 64.3 Å². The van der Waals surface area contributed by atoms with E-state index >= 15 is 0 Å². The Labute approximate surface area is 151 Å². The maximum Gasteiger partial charge on any atom is 0.495 e. The summed E-state index contributed by atoms with van der Waals surface area (Å²) in [5, 5.41) is 2.56. The molecule has 1 aliphatic carbocycles. The van der Waals surface area contributed by atoms with Gasteiger partial charge in [0.15, 0.2) is 0 Å². The molecule has 8 heteroatoms. The third-order valence-corrected chi connectivity index (χ3v) is 5.32. The summed E-state index contributed by atoms with van der Waals surface area (Å²) in [6, 6.07) is 3.73. The number of amides is 1. The number of alkyl halides is 3. The van der Waals surface area contributed by atoms with Crippen molar-refractivity contribution in [3.63, 3.8) is 0 Å². The molecule has 1 saturated heterocycles. The minimum Gasteiger partial charge on any atom is -0.399 e. The highest BCUT2D eigenvalue weighted by molar-refractivity contribution is 6.62. The van der Waals surface area contributed by atoms with Crippen molar-refractivity contribution >= 4 is 24.2 Å². The molecule has 1 aromatic carbocycles. The highest BCUT2D eigenvalue weighted by Gasteiger charge is 2.53. The zero-order valence-corrected chi connectivity index (χ0v) is 15.4. The number of halogens is 3. The topological polar surface area (TPSA) is 47.6 Å². The largest absolute Gasteiger partial charge is 0.495 e. The second-order valence-electron chi connectivity index (χ2n) is 8.08. The van der Waals surface area contributed by atoms with Crippen LogP contribution in [0.2, 0.25) is 0 Å². The van der Waals surface area contributed by atoms with Crippen molar-refractivity contribution in [1.82, 2.24) is 0 Å². The predicted octanol–water partition coefficient (Wildman–Crippen LogP) is 3.74. The highest BCUT2D eigenvalue weighted by atomic mass is 19.4. The zero-order valence-electron chi connectivity index (χ0n) is 15.4. The van der Waals surface area contributed by atoms with E-state index in [0.717, 1.165) is 18.9 Å². The molecule has 4 nitrogen and oxygen atoms in total. The fraction of sp³-hybridized carbons (Fsp3) is 0.611. The summed E-state index contributed by atoms with van der Waals surface area (Å²) in [4.78, 5) is 11.9. The first kappa shape index (κ1) is 19.2. The van der Waals surface area contributed by atoms with Gasteiger partial charge in [-0.15, -0.1) is 0 Å². The van der Waals surface area contributed by atoms with E-state index in [0.29, 0.717) is 12.3 Å². The van der Waals surface area contributed by atoms with E-state index in [1.54, 1.807) is 27.7 Å². The number of rotatable bonds is 4. The van der Waals surface area contributed by atoms with Gasteiger partial charge in [0.2, 0.25) is 5.91 Å². The molecule has 0 bridgehead atoms. The van der Waals surface area contributed by atoms with E-state index in [9.17, 15) is 18.0 Å². The molecule has 1 heterocycles. The monoisotopic (exact) mass is 369 g/mol. The first-order chi connectivity index (χ1) is 11.9. The van der Waals surface area contributed by atoms with Gasteiger partial charge in [0.1, 0.15) is 0 Å². The Morgan fingerprint density at radius 2 is 1.77 bits per heavy atom. The van der Waals surface area contributed by atoms with Crippen LogP contribution in [0.25, 0.3) is 0 Å². The number of carbonyl (C=O) groups excluding carboxylic acids is 1. The van der Waals surface area contributed by atoms with Gasteiger partial charge in [-0.3, -0.25) is 4.79 Å². The fourth-order valence-corrected chi connectivity index (χ4v) is 2.85. The van der Waals surface area contributed by atoms with Crippen LogP contribution < -0.4 is 10.8 Å². The molecule has 0 unspecified atom stereocenters. The summed E-state index contributed by atoms with van der Waals surface area (Å²) in [5.74, 6) is 0.102. The van der Waals surface area contributed by atoms with Gasteiger partial charge in [0.05, 0.1) is 16.8 Å². The summed E-state index contributed by atoms with van der Waals surface area (Å²) >= 11 is 0. The molecule has 0 atom stereocenters. The predicted molar refractivity (Wildman–Crippen MR) is 93.1 cm³/mol. The lowest BCUT2D eigenvalue weighted by Gasteiger charge is -2.32. The number of carbonyl (C=O) groups is 1. The smallest absolute Gasteiger partial charge is 0.399 e. The van der Waals surface area contributed by atoms with Gasteiger partial charge >= 0.3 is 13.3 Å². The standard InChI is InChI=1S/C18H23BF3NO3/c1-16(2)17(3,4)26-19(25-16)14-8-7-12(10-13(14)18(20,21)22)23-15(24)9-11-5-6-11/h7-8,10-11H,5-6,9H2,1-4H3,(H,23,24). The van der Waals surface area contributed by atoms with E-state index in [2.05, 4.69) is 5.32 Å². The molecule has 2 aliphatic rings. The van der Waals surface area contributed by atoms with Crippen LogP contribution in [0.3, 0.4) is 0 Å². The Balaban J connectivity index is 1.87. The normalized spacial score (nSPS) is 21.7. The van der Waals surface area contributed by atoms with Crippen LogP contribution in [-0.2, 0) is 20.3 Å². The first-order valence-corrected chi connectivity index (χ1v) is 8.76. The Kier molecular flexibility index (Phi) is 4.64. The minimum absolute atomic E-state index is 0.0867. The number of hydrogen-bond donors (Lipinski definition) is 1. The Hall–Kier alpha value is -1.54. The summed E-state index contributed by atoms with van der Waals surface area (Å²) in [5.41, 5.74) is -2.30. The molecule has 1 amide bonds. The third-order valence-electron chi connectivity index (χ3n) is 5.32. The van der Waals surface area contributed by atoms with Gasteiger partial charge in [-0.05, 0) is 64.1 Å². The van der Waals surface area contributed by atoms with Crippen LogP contribution in [0.1, 0.15) is 52.5 Å². The summed E-state index contributed by atoms with van der Waals surface area (Å²) in [6.45, 7) is 7.14. The summed E-state index contributed by atoms with van der Waals surface area (Å²) in [6.07, 6.45) is -2.24. The lowest BCUT2D eigenvalue weighted by Crippen LogP contribution is -2.41. The number of hydrogen-bond acceptors (Lipinski definition) is 3. The second kappa shape index (κ2) is 6.27. The van der Waals surface area contributed by atoms with Gasteiger partial charge in [0.25, 0.3) is 0 Å². The van der Waals surface area contributed by atoms with Crippen LogP contribution in [0.5, 0.6) is 0 Å². The number of anilines is 1. The zero-order chi connectivity index (χ0) is 19.3. The van der Waals surface area contributed by atoms with Gasteiger partial charge in [-0.25, -0.2) is 0 Å². The van der Waals surface area contributed by atoms with Crippen LogP contribution in [-0.4, -0.2) is 24.2 Å². The van der Waals surface area contributed by atoms with E-state index < -0.39 is 30.1 Å². The summed E-state index contributed by atoms with van der Waals surface area (Å²) < 4.78 is 52.3. The van der Waals surface area contributed by atoms with E-state index in [4.69, 9.17) is 9.31 Å². The number of benzene rings is 1. The molecule has 2 fully saturated rings. The quantitative estimate of drug-likeness (QED) is 0.823. The average Bonchev–Trinajstić information content (AvgIpc) is 3.24. The maximum atomic E-state index is 13.6. The Morgan fingerprint density at radius 1 is 1.19 bits per heavy atom. The third kappa shape index (κ3) is 3.91. The SMILES string of the molecule is CC1(C)OB(c2ccc(NC(=O)CC3CC3)cc2C(F)(F)F)OC1(C)C. The van der Waals surface area contributed by atoms with Gasteiger partial charge in [0, 0.05) is 12.1 Å². The maximum absolute atomic E-state index is 13.6. The number of nitrogens with one attached hydrogen (secondary N) is 1. The van der Waals surface area contributed by atoms with Gasteiger partial charge in [-0.1, -0.05) is 6.07 Å². The fourth-order valence-electron chi connectivity index (χ4n) is 2.85. The molecule has 0 radical (unpaired) electrons. The molecule has 1 N–H and O–H groups in total. The molecule has 3 rings (SSSR count). The molecule has 1 aliphatic heterocycles. The summed E-state index contributed by atoms with van der Waals surface area (Å²) in [7, 11) is -1.12. The second-order valence-corrected chi connectivity index (χ2v) is 8.08. The highest BCUT2D eigenvalue weighted by Crippen LogP contribution is 2.38. The van der Waals surface area contributed by atoms with Crippen molar-refractivity contribution in [2.24, 2.45) is 5.92 Å². The van der Waals surface area contributed by atoms with Crippen molar-refractivity contribution in [2.75, 3.05) is 5.32 Å². The van der Waals surface area contributed by atoms with Crippen molar-refractivity contribution in [1.29, 1.82) is 0 Å². The van der Waals surface area contributed by atoms with E-state index in [-0.39, 0.29) is 17.1 Å². The van der Waals surface area contributed by atoms with E-state index in [1.807, 2.05) is 0 Å². The molecular weight excluding hydrogens is 346 g/mol.